The van der Waals surface area contributed by atoms with Gasteiger partial charge < -0.3 is 5.32 Å². The van der Waals surface area contributed by atoms with Crippen molar-refractivity contribution in [2.45, 2.75) is 31.7 Å². The normalized spacial score (nSPS) is 26.7. The van der Waals surface area contributed by atoms with E-state index in [1.165, 1.54) is 28.2 Å². The van der Waals surface area contributed by atoms with Crippen molar-refractivity contribution in [3.05, 3.63) is 21.9 Å². The van der Waals surface area contributed by atoms with Crippen LogP contribution < -0.4 is 5.32 Å². The van der Waals surface area contributed by atoms with E-state index < -0.39 is 0 Å². The molecule has 0 unspecified atom stereocenters. The molecule has 2 fully saturated rings. The first-order valence-corrected chi connectivity index (χ1v) is 8.50. The van der Waals surface area contributed by atoms with Gasteiger partial charge in [-0.1, -0.05) is 0 Å². The third kappa shape index (κ3) is 2.36. The van der Waals surface area contributed by atoms with Crippen LogP contribution in [0.1, 0.15) is 35.7 Å². The highest BCUT2D eigenvalue weighted by Gasteiger charge is 2.41. The van der Waals surface area contributed by atoms with E-state index in [9.17, 15) is 9.59 Å². The van der Waals surface area contributed by atoms with E-state index in [1.807, 2.05) is 11.3 Å². The van der Waals surface area contributed by atoms with Gasteiger partial charge in [-0.2, -0.15) is 0 Å². The van der Waals surface area contributed by atoms with Crippen molar-refractivity contribution in [1.82, 2.24) is 15.1 Å². The van der Waals surface area contributed by atoms with Crippen LogP contribution in [-0.4, -0.2) is 41.5 Å². The highest BCUT2D eigenvalue weighted by atomic mass is 32.1. The van der Waals surface area contributed by atoms with Gasteiger partial charge in [-0.15, -0.1) is 11.3 Å². The molecule has 0 aromatic carbocycles. The second kappa shape index (κ2) is 5.10. The molecule has 1 atom stereocenters. The number of urea groups is 1. The topological polar surface area (TPSA) is 52.7 Å². The standard InChI is InChI=1S/C15H19N3O2S/c19-13-3-6-16-15(20)18(13)9-17-7-4-12-11(5-8-21-12)14(17)10-1-2-10/h5,8,10,14H,1-4,6-7,9H2,(H,16,20)/t14-/m1/s1. The summed E-state index contributed by atoms with van der Waals surface area (Å²) in [4.78, 5) is 29.1. The van der Waals surface area contributed by atoms with Gasteiger partial charge in [-0.05, 0) is 42.2 Å². The first kappa shape index (κ1) is 13.3. The molecule has 21 heavy (non-hydrogen) atoms. The molecule has 1 aromatic heterocycles. The van der Waals surface area contributed by atoms with E-state index >= 15 is 0 Å². The van der Waals surface area contributed by atoms with Crippen molar-refractivity contribution >= 4 is 23.3 Å². The fourth-order valence-electron chi connectivity index (χ4n) is 3.47. The average molecular weight is 305 g/mol. The quantitative estimate of drug-likeness (QED) is 0.929. The Morgan fingerprint density at radius 1 is 1.29 bits per heavy atom. The van der Waals surface area contributed by atoms with E-state index in [0.29, 0.717) is 31.6 Å². The number of carbonyl (C=O) groups is 2. The Kier molecular flexibility index (Phi) is 3.23. The van der Waals surface area contributed by atoms with Gasteiger partial charge in [0.1, 0.15) is 0 Å². The Labute approximate surface area is 127 Å². The van der Waals surface area contributed by atoms with Crippen molar-refractivity contribution in [1.29, 1.82) is 0 Å². The van der Waals surface area contributed by atoms with Crippen molar-refractivity contribution in [3.8, 4) is 0 Å². The number of nitrogens with one attached hydrogen (secondary N) is 1. The second-order valence-electron chi connectivity index (χ2n) is 6.09. The average Bonchev–Trinajstić information content (AvgIpc) is 3.19. The van der Waals surface area contributed by atoms with Gasteiger partial charge in [0.05, 0.1) is 6.67 Å². The summed E-state index contributed by atoms with van der Waals surface area (Å²) in [7, 11) is 0. The monoisotopic (exact) mass is 305 g/mol. The lowest BCUT2D eigenvalue weighted by Gasteiger charge is -2.39. The third-order valence-electron chi connectivity index (χ3n) is 4.67. The molecule has 5 nitrogen and oxygen atoms in total. The van der Waals surface area contributed by atoms with Crippen molar-refractivity contribution in [2.24, 2.45) is 5.92 Å². The lowest BCUT2D eigenvalue weighted by atomic mass is 9.96. The largest absolute Gasteiger partial charge is 0.337 e. The van der Waals surface area contributed by atoms with Crippen molar-refractivity contribution in [2.75, 3.05) is 19.8 Å². The molecule has 0 bridgehead atoms. The predicted molar refractivity (Wildman–Crippen MR) is 79.9 cm³/mol. The molecule has 1 aliphatic carbocycles. The van der Waals surface area contributed by atoms with E-state index in [-0.39, 0.29) is 11.9 Å². The van der Waals surface area contributed by atoms with E-state index in [0.717, 1.165) is 13.0 Å². The Hall–Kier alpha value is -1.40. The lowest BCUT2D eigenvalue weighted by Crippen LogP contribution is -2.55. The molecular weight excluding hydrogens is 286 g/mol. The minimum Gasteiger partial charge on any atom is -0.337 e. The lowest BCUT2D eigenvalue weighted by molar-refractivity contribution is -0.131. The summed E-state index contributed by atoms with van der Waals surface area (Å²) in [6.07, 6.45) is 3.96. The molecular formula is C15H19N3O2S. The maximum Gasteiger partial charge on any atom is 0.325 e. The summed E-state index contributed by atoms with van der Waals surface area (Å²) < 4.78 is 0. The van der Waals surface area contributed by atoms with Crippen LogP contribution >= 0.6 is 11.3 Å². The fraction of sp³-hybridized carbons (Fsp3) is 0.600. The minimum absolute atomic E-state index is 0.0515. The maximum absolute atomic E-state index is 12.0. The van der Waals surface area contributed by atoms with Crippen molar-refractivity contribution < 1.29 is 9.59 Å². The molecule has 3 amide bonds. The van der Waals surface area contributed by atoms with Gasteiger partial charge in [0.25, 0.3) is 0 Å². The Balaban J connectivity index is 1.57. The highest BCUT2D eigenvalue weighted by Crippen LogP contribution is 2.48. The molecule has 1 aromatic rings. The number of imide groups is 1. The van der Waals surface area contributed by atoms with Crippen LogP contribution in [0.15, 0.2) is 11.4 Å². The number of hydrogen-bond donors (Lipinski definition) is 1. The first-order valence-electron chi connectivity index (χ1n) is 7.62. The smallest absolute Gasteiger partial charge is 0.325 e. The summed E-state index contributed by atoms with van der Waals surface area (Å²) in [6, 6.07) is 2.38. The van der Waals surface area contributed by atoms with Crippen molar-refractivity contribution in [3.63, 3.8) is 0 Å². The Morgan fingerprint density at radius 3 is 2.90 bits per heavy atom. The Morgan fingerprint density at radius 2 is 2.14 bits per heavy atom. The zero-order chi connectivity index (χ0) is 14.4. The number of amides is 3. The number of fused-ring (bicyclic) bond motifs is 1. The van der Waals surface area contributed by atoms with E-state index in [1.54, 1.807) is 0 Å². The van der Waals surface area contributed by atoms with Crippen LogP contribution in [0.5, 0.6) is 0 Å². The zero-order valence-electron chi connectivity index (χ0n) is 11.9. The van der Waals surface area contributed by atoms with Gasteiger partial charge in [0, 0.05) is 30.4 Å². The van der Waals surface area contributed by atoms with Gasteiger partial charge in [-0.3, -0.25) is 14.6 Å². The van der Waals surface area contributed by atoms with Crippen LogP contribution in [0.25, 0.3) is 0 Å². The number of thiophene rings is 1. The van der Waals surface area contributed by atoms with Gasteiger partial charge >= 0.3 is 6.03 Å². The van der Waals surface area contributed by atoms with E-state index in [2.05, 4.69) is 21.7 Å². The SMILES string of the molecule is O=C1CCNC(=O)N1CN1CCc2sccc2[C@H]1C1CC1. The van der Waals surface area contributed by atoms with Crippen LogP contribution in [0.3, 0.4) is 0 Å². The first-order chi connectivity index (χ1) is 10.2. The van der Waals surface area contributed by atoms with Crippen LogP contribution in [0, 0.1) is 5.92 Å². The molecule has 3 heterocycles. The number of rotatable bonds is 3. The highest BCUT2D eigenvalue weighted by molar-refractivity contribution is 7.10. The summed E-state index contributed by atoms with van der Waals surface area (Å²) in [6.45, 7) is 1.84. The molecule has 1 N–H and O–H groups in total. The fourth-order valence-corrected chi connectivity index (χ4v) is 4.38. The molecule has 0 spiro atoms. The van der Waals surface area contributed by atoms with Gasteiger partial charge in [0.15, 0.2) is 0 Å². The summed E-state index contributed by atoms with van der Waals surface area (Å²) in [5, 5.41) is 4.94. The van der Waals surface area contributed by atoms with Crippen LogP contribution in [0.2, 0.25) is 0 Å². The molecule has 0 radical (unpaired) electrons. The number of hydrogen-bond acceptors (Lipinski definition) is 4. The molecule has 6 heteroatoms. The zero-order valence-corrected chi connectivity index (χ0v) is 12.7. The van der Waals surface area contributed by atoms with Gasteiger partial charge in [-0.25, -0.2) is 4.79 Å². The maximum atomic E-state index is 12.0. The number of nitrogens with zero attached hydrogens (tertiary/aromatic N) is 2. The molecule has 4 rings (SSSR count). The molecule has 1 saturated carbocycles. The van der Waals surface area contributed by atoms with Crippen LogP contribution in [0.4, 0.5) is 4.79 Å². The summed E-state index contributed by atoms with van der Waals surface area (Å²) >= 11 is 1.84. The minimum atomic E-state index is -0.239. The second-order valence-corrected chi connectivity index (χ2v) is 7.09. The van der Waals surface area contributed by atoms with E-state index in [4.69, 9.17) is 0 Å². The molecule has 1 saturated heterocycles. The molecule has 2 aliphatic heterocycles. The summed E-state index contributed by atoms with van der Waals surface area (Å²) in [5.74, 6) is 0.644. The van der Waals surface area contributed by atoms with Gasteiger partial charge in [0.2, 0.25) is 5.91 Å². The molecule has 3 aliphatic rings. The summed E-state index contributed by atoms with van der Waals surface area (Å²) in [5.41, 5.74) is 1.43. The third-order valence-corrected chi connectivity index (χ3v) is 5.67. The predicted octanol–water partition coefficient (Wildman–Crippen LogP) is 1.96. The van der Waals surface area contributed by atoms with Crippen LogP contribution in [-0.2, 0) is 11.2 Å². The molecule has 112 valence electrons. The Bertz CT molecular complexity index is 565. The number of carbonyl (C=O) groups excluding carboxylic acids is 2.